The molecule has 1 aromatic rings. The molecule has 0 bridgehead atoms. The number of aromatic nitrogens is 2. The van der Waals surface area contributed by atoms with E-state index < -0.39 is 0 Å². The molecular formula is C10H13N5O. The lowest BCUT2D eigenvalue weighted by molar-refractivity contribution is -0.119. The Bertz CT molecular complexity index is 412. The molecule has 1 rings (SSSR count). The Balaban J connectivity index is 2.86. The van der Waals surface area contributed by atoms with Crippen molar-refractivity contribution in [2.75, 3.05) is 25.0 Å². The van der Waals surface area contributed by atoms with E-state index in [0.717, 1.165) is 0 Å². The molecule has 1 amide bonds. The summed E-state index contributed by atoms with van der Waals surface area (Å²) in [5.74, 6) is 0.276. The van der Waals surface area contributed by atoms with Crippen LogP contribution in [0.25, 0.3) is 0 Å². The number of likely N-dealkylation sites (N-methyl/N-ethyl adjacent to an activating group) is 2. The van der Waals surface area contributed by atoms with Crippen LogP contribution in [-0.2, 0) is 4.79 Å². The van der Waals surface area contributed by atoms with E-state index >= 15 is 0 Å². The molecule has 0 aliphatic rings. The van der Waals surface area contributed by atoms with E-state index in [9.17, 15) is 4.79 Å². The maximum Gasteiger partial charge on any atom is 0.239 e. The van der Waals surface area contributed by atoms with Crippen molar-refractivity contribution in [1.29, 1.82) is 5.26 Å². The topological polar surface area (TPSA) is 81.9 Å². The Kier molecular flexibility index (Phi) is 4.21. The molecule has 0 aliphatic heterocycles. The molecule has 16 heavy (non-hydrogen) atoms. The van der Waals surface area contributed by atoms with Gasteiger partial charge in [0.2, 0.25) is 11.9 Å². The number of nitrogens with one attached hydrogen (secondary N) is 1. The molecule has 0 saturated heterocycles. The summed E-state index contributed by atoms with van der Waals surface area (Å²) in [7, 11) is 1.57. The molecular weight excluding hydrogens is 206 g/mol. The second-order valence-corrected chi connectivity index (χ2v) is 3.04. The number of nitrogens with zero attached hydrogens (tertiary/aromatic N) is 4. The summed E-state index contributed by atoms with van der Waals surface area (Å²) >= 11 is 0. The third-order valence-electron chi connectivity index (χ3n) is 2.04. The van der Waals surface area contributed by atoms with Crippen molar-refractivity contribution in [2.24, 2.45) is 0 Å². The van der Waals surface area contributed by atoms with Crippen molar-refractivity contribution in [3.05, 3.63) is 18.0 Å². The average Bonchev–Trinajstić information content (AvgIpc) is 2.35. The van der Waals surface area contributed by atoms with E-state index in [2.05, 4.69) is 15.3 Å². The Hall–Kier alpha value is -2.16. The van der Waals surface area contributed by atoms with Crippen LogP contribution in [0.3, 0.4) is 0 Å². The third kappa shape index (κ3) is 2.92. The van der Waals surface area contributed by atoms with Gasteiger partial charge in [-0.25, -0.2) is 9.97 Å². The highest BCUT2D eigenvalue weighted by Gasteiger charge is 2.11. The lowest BCUT2D eigenvalue weighted by Crippen LogP contribution is -2.36. The first-order valence-electron chi connectivity index (χ1n) is 4.90. The normalized spacial score (nSPS) is 9.31. The number of carbonyl (C=O) groups excluding carboxylic acids is 1. The number of nitriles is 1. The van der Waals surface area contributed by atoms with E-state index in [4.69, 9.17) is 5.26 Å². The van der Waals surface area contributed by atoms with Crippen LogP contribution in [0.2, 0.25) is 0 Å². The fourth-order valence-electron chi connectivity index (χ4n) is 1.14. The van der Waals surface area contributed by atoms with Gasteiger partial charge < -0.3 is 10.2 Å². The second-order valence-electron chi connectivity index (χ2n) is 3.04. The lowest BCUT2D eigenvalue weighted by Gasteiger charge is -2.19. The number of hydrogen-bond donors (Lipinski definition) is 1. The minimum Gasteiger partial charge on any atom is -0.358 e. The Labute approximate surface area is 93.9 Å². The van der Waals surface area contributed by atoms with Gasteiger partial charge in [0.25, 0.3) is 0 Å². The molecule has 0 aliphatic carbocycles. The van der Waals surface area contributed by atoms with Gasteiger partial charge in [0, 0.05) is 19.8 Å². The minimum atomic E-state index is -0.118. The Morgan fingerprint density at radius 3 is 3.00 bits per heavy atom. The molecule has 1 aromatic heterocycles. The monoisotopic (exact) mass is 219 g/mol. The van der Waals surface area contributed by atoms with Crippen molar-refractivity contribution in [2.45, 2.75) is 6.92 Å². The zero-order valence-electron chi connectivity index (χ0n) is 9.27. The summed E-state index contributed by atoms with van der Waals surface area (Å²) in [6, 6.07) is 3.46. The highest BCUT2D eigenvalue weighted by atomic mass is 16.1. The molecule has 1 N–H and O–H groups in total. The van der Waals surface area contributed by atoms with Gasteiger partial charge in [-0.1, -0.05) is 0 Å². The predicted molar refractivity (Wildman–Crippen MR) is 58.7 cm³/mol. The van der Waals surface area contributed by atoms with Crippen molar-refractivity contribution < 1.29 is 4.79 Å². The maximum absolute atomic E-state index is 11.2. The van der Waals surface area contributed by atoms with Gasteiger partial charge >= 0.3 is 0 Å². The molecule has 1 heterocycles. The van der Waals surface area contributed by atoms with E-state index in [0.29, 0.717) is 18.2 Å². The van der Waals surface area contributed by atoms with Crippen LogP contribution in [0.1, 0.15) is 12.6 Å². The van der Waals surface area contributed by atoms with Crippen LogP contribution in [0, 0.1) is 11.3 Å². The van der Waals surface area contributed by atoms with Crippen molar-refractivity contribution in [3.63, 3.8) is 0 Å². The molecule has 0 spiro atoms. The second kappa shape index (κ2) is 5.66. The Morgan fingerprint density at radius 1 is 1.69 bits per heavy atom. The van der Waals surface area contributed by atoms with Crippen molar-refractivity contribution in [3.8, 4) is 6.07 Å². The standard InChI is InChI=1S/C10H13N5O/c1-3-15(7-9(16)12-2)10-13-5-4-8(6-11)14-10/h4-5H,3,7H2,1-2H3,(H,12,16). The van der Waals surface area contributed by atoms with Crippen LogP contribution in [0.15, 0.2) is 12.3 Å². The number of rotatable bonds is 4. The zero-order valence-corrected chi connectivity index (χ0v) is 9.27. The quantitative estimate of drug-likeness (QED) is 0.766. The molecule has 0 aromatic carbocycles. The van der Waals surface area contributed by atoms with Crippen LogP contribution in [-0.4, -0.2) is 36.0 Å². The highest BCUT2D eigenvalue weighted by Crippen LogP contribution is 2.06. The minimum absolute atomic E-state index is 0.118. The van der Waals surface area contributed by atoms with Gasteiger partial charge in [-0.3, -0.25) is 4.79 Å². The van der Waals surface area contributed by atoms with Crippen LogP contribution < -0.4 is 10.2 Å². The van der Waals surface area contributed by atoms with E-state index in [1.54, 1.807) is 11.9 Å². The summed E-state index contributed by atoms with van der Waals surface area (Å²) in [5, 5.41) is 11.2. The first-order chi connectivity index (χ1) is 7.71. The summed E-state index contributed by atoms with van der Waals surface area (Å²) < 4.78 is 0. The number of amides is 1. The van der Waals surface area contributed by atoms with E-state index in [1.165, 1.54) is 12.3 Å². The first kappa shape index (κ1) is 11.9. The molecule has 0 unspecified atom stereocenters. The molecule has 0 atom stereocenters. The van der Waals surface area contributed by atoms with Crippen molar-refractivity contribution in [1.82, 2.24) is 15.3 Å². The number of anilines is 1. The molecule has 0 fully saturated rings. The molecule has 0 saturated carbocycles. The van der Waals surface area contributed by atoms with Gasteiger partial charge in [-0.05, 0) is 13.0 Å². The number of carbonyl (C=O) groups is 1. The lowest BCUT2D eigenvalue weighted by atomic mass is 10.4. The smallest absolute Gasteiger partial charge is 0.239 e. The maximum atomic E-state index is 11.2. The highest BCUT2D eigenvalue weighted by molar-refractivity contribution is 5.80. The third-order valence-corrected chi connectivity index (χ3v) is 2.04. The summed E-state index contributed by atoms with van der Waals surface area (Å²) in [6.45, 7) is 2.68. The van der Waals surface area contributed by atoms with E-state index in [1.807, 2.05) is 13.0 Å². The predicted octanol–water partition coefficient (Wildman–Crippen LogP) is -0.0794. The molecule has 6 heteroatoms. The molecule has 0 radical (unpaired) electrons. The first-order valence-corrected chi connectivity index (χ1v) is 4.90. The fraction of sp³-hybridized carbons (Fsp3) is 0.400. The van der Waals surface area contributed by atoms with Gasteiger partial charge in [-0.2, -0.15) is 5.26 Å². The number of hydrogen-bond acceptors (Lipinski definition) is 5. The fourth-order valence-corrected chi connectivity index (χ4v) is 1.14. The Morgan fingerprint density at radius 2 is 2.44 bits per heavy atom. The SMILES string of the molecule is CCN(CC(=O)NC)c1nccc(C#N)n1. The molecule has 84 valence electrons. The van der Waals surface area contributed by atoms with Gasteiger partial charge in [0.05, 0.1) is 6.54 Å². The van der Waals surface area contributed by atoms with Crippen LogP contribution in [0.4, 0.5) is 5.95 Å². The van der Waals surface area contributed by atoms with E-state index in [-0.39, 0.29) is 12.5 Å². The average molecular weight is 219 g/mol. The van der Waals surface area contributed by atoms with Gasteiger partial charge in [0.1, 0.15) is 11.8 Å². The zero-order chi connectivity index (χ0) is 12.0. The summed E-state index contributed by atoms with van der Waals surface area (Å²) in [6.07, 6.45) is 1.51. The van der Waals surface area contributed by atoms with Gasteiger partial charge in [-0.15, -0.1) is 0 Å². The van der Waals surface area contributed by atoms with Crippen LogP contribution in [0.5, 0.6) is 0 Å². The summed E-state index contributed by atoms with van der Waals surface area (Å²) in [5.41, 5.74) is 0.292. The van der Waals surface area contributed by atoms with Crippen LogP contribution >= 0.6 is 0 Å². The summed E-state index contributed by atoms with van der Waals surface area (Å²) in [4.78, 5) is 21.0. The van der Waals surface area contributed by atoms with Crippen molar-refractivity contribution >= 4 is 11.9 Å². The molecule has 6 nitrogen and oxygen atoms in total. The largest absolute Gasteiger partial charge is 0.358 e. The van der Waals surface area contributed by atoms with Gasteiger partial charge in [0.15, 0.2) is 0 Å².